The molecule has 1 N–H and O–H groups in total. The van der Waals surface area contributed by atoms with E-state index in [4.69, 9.17) is 8.92 Å². The van der Waals surface area contributed by atoms with Crippen LogP contribution in [0.5, 0.6) is 0 Å². The molecule has 1 heterocycles. The van der Waals surface area contributed by atoms with E-state index < -0.39 is 15.7 Å². The maximum atomic E-state index is 12.1. The van der Waals surface area contributed by atoms with Crippen LogP contribution in [0.3, 0.4) is 0 Å². The van der Waals surface area contributed by atoms with E-state index in [2.05, 4.69) is 5.32 Å². The zero-order chi connectivity index (χ0) is 15.4. The molecule has 0 aromatic rings. The standard InChI is InChI=1S/C12H24N2O5S/c1-12(2,3)19-11(15)14-7-6-13-9-10(14)5-8-18-20(4,16)17/h10,13H,5-9H2,1-4H3. The van der Waals surface area contributed by atoms with Gasteiger partial charge < -0.3 is 15.0 Å². The first kappa shape index (κ1) is 17.2. The Morgan fingerprint density at radius 3 is 2.60 bits per heavy atom. The molecular formula is C12H24N2O5S. The van der Waals surface area contributed by atoms with Crippen molar-refractivity contribution >= 4 is 16.2 Å². The van der Waals surface area contributed by atoms with Gasteiger partial charge in [0.2, 0.25) is 0 Å². The summed E-state index contributed by atoms with van der Waals surface area (Å²) < 4.78 is 31.9. The molecule has 7 nitrogen and oxygen atoms in total. The monoisotopic (exact) mass is 308 g/mol. The van der Waals surface area contributed by atoms with Gasteiger partial charge in [0.25, 0.3) is 10.1 Å². The summed E-state index contributed by atoms with van der Waals surface area (Å²) in [6.45, 7) is 7.34. The Kier molecular flexibility index (Phi) is 5.79. The average molecular weight is 308 g/mol. The quantitative estimate of drug-likeness (QED) is 0.764. The Morgan fingerprint density at radius 2 is 2.05 bits per heavy atom. The second kappa shape index (κ2) is 6.73. The van der Waals surface area contributed by atoms with Crippen molar-refractivity contribution in [1.82, 2.24) is 10.2 Å². The largest absolute Gasteiger partial charge is 0.444 e. The molecule has 1 saturated heterocycles. The highest BCUT2D eigenvalue weighted by molar-refractivity contribution is 7.85. The maximum Gasteiger partial charge on any atom is 0.410 e. The lowest BCUT2D eigenvalue weighted by molar-refractivity contribution is 0.00999. The molecule has 1 fully saturated rings. The number of carbonyl (C=O) groups excluding carboxylic acids is 1. The zero-order valence-electron chi connectivity index (χ0n) is 12.5. The molecule has 0 bridgehead atoms. The van der Waals surface area contributed by atoms with Gasteiger partial charge in [0, 0.05) is 25.7 Å². The summed E-state index contributed by atoms with van der Waals surface area (Å²) in [6.07, 6.45) is 1.08. The van der Waals surface area contributed by atoms with Crippen LogP contribution in [0.4, 0.5) is 4.79 Å². The van der Waals surface area contributed by atoms with Crippen LogP contribution in [-0.2, 0) is 19.0 Å². The molecule has 1 amide bonds. The Morgan fingerprint density at radius 1 is 1.40 bits per heavy atom. The molecule has 1 aliphatic rings. The molecule has 118 valence electrons. The second-order valence-electron chi connectivity index (χ2n) is 5.85. The predicted octanol–water partition coefficient (Wildman–Crippen LogP) is 0.562. The Balaban J connectivity index is 2.56. The van der Waals surface area contributed by atoms with Crippen molar-refractivity contribution in [2.24, 2.45) is 0 Å². The van der Waals surface area contributed by atoms with E-state index in [9.17, 15) is 13.2 Å². The smallest absolute Gasteiger partial charge is 0.410 e. The lowest BCUT2D eigenvalue weighted by Crippen LogP contribution is -2.55. The Labute approximate surface area is 120 Å². The molecule has 0 saturated carbocycles. The summed E-state index contributed by atoms with van der Waals surface area (Å²) in [5.41, 5.74) is -0.546. The fourth-order valence-corrected chi connectivity index (χ4v) is 2.31. The molecule has 1 aliphatic heterocycles. The van der Waals surface area contributed by atoms with Crippen molar-refractivity contribution in [2.45, 2.75) is 38.8 Å². The molecular weight excluding hydrogens is 284 g/mol. The summed E-state index contributed by atoms with van der Waals surface area (Å²) in [6, 6.07) is -0.125. The highest BCUT2D eigenvalue weighted by Gasteiger charge is 2.30. The fraction of sp³-hybridized carbons (Fsp3) is 0.917. The molecule has 1 unspecified atom stereocenters. The molecule has 1 atom stereocenters. The molecule has 1 rings (SSSR count). The number of hydrogen-bond acceptors (Lipinski definition) is 6. The van der Waals surface area contributed by atoms with E-state index in [0.29, 0.717) is 26.1 Å². The minimum Gasteiger partial charge on any atom is -0.444 e. The third-order valence-electron chi connectivity index (χ3n) is 2.73. The SMILES string of the molecule is CC(C)(C)OC(=O)N1CCNCC1CCOS(C)(=O)=O. The minimum absolute atomic E-state index is 0.0600. The summed E-state index contributed by atoms with van der Waals surface area (Å²) in [7, 11) is -3.45. The fourth-order valence-electron chi connectivity index (χ4n) is 1.92. The highest BCUT2D eigenvalue weighted by atomic mass is 32.2. The van der Waals surface area contributed by atoms with Gasteiger partial charge in [0.1, 0.15) is 5.60 Å². The van der Waals surface area contributed by atoms with E-state index in [0.717, 1.165) is 6.26 Å². The molecule has 20 heavy (non-hydrogen) atoms. The van der Waals surface area contributed by atoms with Crippen LogP contribution in [0.15, 0.2) is 0 Å². The number of hydrogen-bond donors (Lipinski definition) is 1. The minimum atomic E-state index is -3.45. The molecule has 0 aliphatic carbocycles. The lowest BCUT2D eigenvalue weighted by atomic mass is 10.1. The first-order valence-electron chi connectivity index (χ1n) is 6.63. The van der Waals surface area contributed by atoms with Crippen LogP contribution in [-0.4, -0.2) is 63.6 Å². The van der Waals surface area contributed by atoms with Crippen LogP contribution < -0.4 is 5.32 Å². The van der Waals surface area contributed by atoms with E-state index in [1.54, 1.807) is 4.90 Å². The number of carbonyl (C=O) groups is 1. The summed E-state index contributed by atoms with van der Waals surface area (Å²) in [5, 5.41) is 3.18. The number of nitrogens with one attached hydrogen (secondary N) is 1. The van der Waals surface area contributed by atoms with Gasteiger partial charge in [-0.2, -0.15) is 8.42 Å². The van der Waals surface area contributed by atoms with Crippen molar-refractivity contribution in [3.8, 4) is 0 Å². The van der Waals surface area contributed by atoms with E-state index >= 15 is 0 Å². The van der Waals surface area contributed by atoms with Crippen LogP contribution in [0, 0.1) is 0 Å². The van der Waals surface area contributed by atoms with Crippen LogP contribution in [0.1, 0.15) is 27.2 Å². The molecule has 8 heteroatoms. The van der Waals surface area contributed by atoms with Gasteiger partial charge in [-0.15, -0.1) is 0 Å². The Bertz CT molecular complexity index is 430. The summed E-state index contributed by atoms with van der Waals surface area (Å²) in [4.78, 5) is 13.7. The number of piperazine rings is 1. The van der Waals surface area contributed by atoms with Gasteiger partial charge in [-0.05, 0) is 27.2 Å². The van der Waals surface area contributed by atoms with Gasteiger partial charge in [-0.1, -0.05) is 0 Å². The van der Waals surface area contributed by atoms with Crippen LogP contribution in [0.25, 0.3) is 0 Å². The average Bonchev–Trinajstić information content (AvgIpc) is 2.25. The lowest BCUT2D eigenvalue weighted by Gasteiger charge is -2.37. The van der Waals surface area contributed by atoms with E-state index in [-0.39, 0.29) is 18.7 Å². The van der Waals surface area contributed by atoms with Crippen molar-refractivity contribution < 1.29 is 22.1 Å². The van der Waals surface area contributed by atoms with Crippen LogP contribution >= 0.6 is 0 Å². The highest BCUT2D eigenvalue weighted by Crippen LogP contribution is 2.15. The third kappa shape index (κ3) is 6.53. The van der Waals surface area contributed by atoms with Gasteiger partial charge in [-0.3, -0.25) is 4.18 Å². The number of nitrogens with zero attached hydrogens (tertiary/aromatic N) is 1. The van der Waals surface area contributed by atoms with E-state index in [1.165, 1.54) is 0 Å². The van der Waals surface area contributed by atoms with Crippen molar-refractivity contribution in [2.75, 3.05) is 32.5 Å². The van der Waals surface area contributed by atoms with Gasteiger partial charge in [0.15, 0.2) is 0 Å². The zero-order valence-corrected chi connectivity index (χ0v) is 13.3. The van der Waals surface area contributed by atoms with Gasteiger partial charge >= 0.3 is 6.09 Å². The van der Waals surface area contributed by atoms with Gasteiger partial charge in [-0.25, -0.2) is 4.79 Å². The predicted molar refractivity (Wildman–Crippen MR) is 75.0 cm³/mol. The normalized spacial score (nSPS) is 20.8. The second-order valence-corrected chi connectivity index (χ2v) is 7.49. The summed E-state index contributed by atoms with van der Waals surface area (Å²) >= 11 is 0. The van der Waals surface area contributed by atoms with Crippen molar-refractivity contribution in [3.63, 3.8) is 0 Å². The topological polar surface area (TPSA) is 84.9 Å². The molecule has 0 aromatic carbocycles. The maximum absolute atomic E-state index is 12.1. The van der Waals surface area contributed by atoms with Crippen LogP contribution in [0.2, 0.25) is 0 Å². The van der Waals surface area contributed by atoms with E-state index in [1.807, 2.05) is 20.8 Å². The summed E-state index contributed by atoms with van der Waals surface area (Å²) in [5.74, 6) is 0. The first-order chi connectivity index (χ1) is 9.08. The number of rotatable bonds is 4. The number of ether oxygens (including phenoxy) is 1. The number of amides is 1. The van der Waals surface area contributed by atoms with Crippen molar-refractivity contribution in [3.05, 3.63) is 0 Å². The Hall–Kier alpha value is -0.860. The van der Waals surface area contributed by atoms with Crippen molar-refractivity contribution in [1.29, 1.82) is 0 Å². The first-order valence-corrected chi connectivity index (χ1v) is 8.45. The molecule has 0 aromatic heterocycles. The molecule has 0 radical (unpaired) electrons. The molecule has 0 spiro atoms. The third-order valence-corrected chi connectivity index (χ3v) is 3.32. The van der Waals surface area contributed by atoms with Gasteiger partial charge in [0.05, 0.1) is 12.9 Å².